The minimum absolute atomic E-state index is 0.0833. The second-order valence-corrected chi connectivity index (χ2v) is 18.2. The van der Waals surface area contributed by atoms with E-state index in [0.29, 0.717) is 24.1 Å². The minimum Gasteiger partial charge on any atom is -0.457 e. The second kappa shape index (κ2) is 41.2. The third kappa shape index (κ3) is 45.4. The van der Waals surface area contributed by atoms with E-state index in [0.717, 1.165) is 57.8 Å². The summed E-state index contributed by atoms with van der Waals surface area (Å²) in [6, 6.07) is 0. The molecule has 334 valence electrons. The van der Waals surface area contributed by atoms with Gasteiger partial charge in [-0.1, -0.05) is 159 Å². The first-order valence-electron chi connectivity index (χ1n) is 23.4. The number of phosphoric ester groups is 1. The highest BCUT2D eigenvalue weighted by Crippen LogP contribution is 2.43. The summed E-state index contributed by atoms with van der Waals surface area (Å²) in [5.74, 6) is -0.328. The molecule has 8 nitrogen and oxygen atoms in total. The van der Waals surface area contributed by atoms with E-state index < -0.39 is 13.9 Å². The van der Waals surface area contributed by atoms with Gasteiger partial charge >= 0.3 is 13.8 Å². The number of phosphoric acid groups is 1. The Morgan fingerprint density at radius 1 is 0.544 bits per heavy atom. The van der Waals surface area contributed by atoms with Crippen LogP contribution in [0, 0.1) is 0 Å². The van der Waals surface area contributed by atoms with Crippen molar-refractivity contribution in [2.24, 2.45) is 0 Å². The van der Waals surface area contributed by atoms with E-state index >= 15 is 0 Å². The van der Waals surface area contributed by atoms with Crippen LogP contribution in [0.5, 0.6) is 0 Å². The van der Waals surface area contributed by atoms with Crippen molar-refractivity contribution in [3.05, 3.63) is 48.6 Å². The molecule has 0 bridgehead atoms. The number of unbranched alkanes of at least 4 members (excludes halogenated alkanes) is 21. The van der Waals surface area contributed by atoms with Crippen LogP contribution in [0.1, 0.15) is 194 Å². The molecule has 0 aromatic carbocycles. The van der Waals surface area contributed by atoms with Crippen LogP contribution >= 0.6 is 7.82 Å². The monoisotopic (exact) mass is 825 g/mol. The van der Waals surface area contributed by atoms with Crippen molar-refractivity contribution in [1.29, 1.82) is 0 Å². The summed E-state index contributed by atoms with van der Waals surface area (Å²) in [5.41, 5.74) is 0. The number of carbonyl (C=O) groups excluding carboxylic acids is 1. The van der Waals surface area contributed by atoms with Gasteiger partial charge < -0.3 is 18.9 Å². The number of rotatable bonds is 43. The van der Waals surface area contributed by atoms with Crippen LogP contribution in [-0.4, -0.2) is 75.6 Å². The van der Waals surface area contributed by atoms with E-state index in [1.54, 1.807) is 0 Å². The zero-order chi connectivity index (χ0) is 42.0. The number of carbonyl (C=O) groups is 1. The van der Waals surface area contributed by atoms with Gasteiger partial charge in [-0.15, -0.1) is 0 Å². The van der Waals surface area contributed by atoms with Crippen LogP contribution in [-0.2, 0) is 27.9 Å². The number of hydrogen-bond donors (Lipinski definition) is 1. The van der Waals surface area contributed by atoms with Crippen LogP contribution in [0.15, 0.2) is 48.6 Å². The molecule has 1 N–H and O–H groups in total. The number of allylic oxidation sites excluding steroid dienone is 8. The zero-order valence-corrected chi connectivity index (χ0v) is 38.7. The van der Waals surface area contributed by atoms with Crippen molar-refractivity contribution in [2.75, 3.05) is 54.1 Å². The lowest BCUT2D eigenvalue weighted by Gasteiger charge is -2.24. The van der Waals surface area contributed by atoms with Gasteiger partial charge in [0.05, 0.1) is 34.4 Å². The molecule has 0 spiro atoms. The molecular weight excluding hydrogens is 734 g/mol. The van der Waals surface area contributed by atoms with E-state index in [1.807, 2.05) is 21.1 Å². The Kier molecular flexibility index (Phi) is 40.1. The van der Waals surface area contributed by atoms with Gasteiger partial charge in [-0.25, -0.2) is 4.57 Å². The SMILES string of the molecule is CCCCCC/C=C\CCCCCCCCOCC(COP(=O)(O)OCC[N+](C)(C)C)OC(=O)CCCCCCCC/C=C\C/C=C\C/C=C\CCCCCCC. The molecule has 0 aromatic rings. The van der Waals surface area contributed by atoms with Gasteiger partial charge in [0.1, 0.15) is 19.3 Å². The Bertz CT molecular complexity index is 1050. The third-order valence-corrected chi connectivity index (χ3v) is 10.8. The third-order valence-electron chi connectivity index (χ3n) is 9.86. The van der Waals surface area contributed by atoms with Gasteiger partial charge in [-0.05, 0) is 77.0 Å². The largest absolute Gasteiger partial charge is 0.472 e. The van der Waals surface area contributed by atoms with E-state index in [9.17, 15) is 14.3 Å². The molecular formula is C48H91NO7P+. The fourth-order valence-electron chi connectivity index (χ4n) is 6.20. The van der Waals surface area contributed by atoms with Gasteiger partial charge in [-0.2, -0.15) is 0 Å². The molecule has 0 rings (SSSR count). The zero-order valence-electron chi connectivity index (χ0n) is 37.8. The maximum Gasteiger partial charge on any atom is 0.472 e. The number of likely N-dealkylation sites (N-methyl/N-ethyl adjacent to an activating group) is 1. The first-order valence-corrected chi connectivity index (χ1v) is 24.9. The van der Waals surface area contributed by atoms with E-state index in [1.165, 1.54) is 116 Å². The maximum atomic E-state index is 12.7. The first-order chi connectivity index (χ1) is 27.6. The first kappa shape index (κ1) is 55.5. The molecule has 0 aliphatic carbocycles. The summed E-state index contributed by atoms with van der Waals surface area (Å²) >= 11 is 0. The number of nitrogens with zero attached hydrogens (tertiary/aromatic N) is 1. The van der Waals surface area contributed by atoms with Gasteiger partial charge in [0.25, 0.3) is 0 Å². The molecule has 0 fully saturated rings. The molecule has 2 atom stereocenters. The summed E-state index contributed by atoms with van der Waals surface area (Å²) in [6.45, 7) is 5.57. The summed E-state index contributed by atoms with van der Waals surface area (Å²) in [6.07, 6.45) is 50.0. The molecule has 9 heteroatoms. The Morgan fingerprint density at radius 2 is 0.965 bits per heavy atom. The molecule has 0 radical (unpaired) electrons. The number of hydrogen-bond acceptors (Lipinski definition) is 6. The average Bonchev–Trinajstić information content (AvgIpc) is 3.16. The van der Waals surface area contributed by atoms with Crippen LogP contribution in [0.3, 0.4) is 0 Å². The van der Waals surface area contributed by atoms with Crippen molar-refractivity contribution in [3.8, 4) is 0 Å². The Morgan fingerprint density at radius 3 is 1.47 bits per heavy atom. The normalized spacial score (nSPS) is 14.1. The van der Waals surface area contributed by atoms with Crippen molar-refractivity contribution >= 4 is 13.8 Å². The van der Waals surface area contributed by atoms with Gasteiger partial charge in [0.15, 0.2) is 0 Å². The van der Waals surface area contributed by atoms with Crippen LogP contribution < -0.4 is 0 Å². The number of quaternary nitrogens is 1. The topological polar surface area (TPSA) is 91.3 Å². The van der Waals surface area contributed by atoms with Crippen molar-refractivity contribution in [3.63, 3.8) is 0 Å². The predicted molar refractivity (Wildman–Crippen MR) is 243 cm³/mol. The molecule has 0 aliphatic heterocycles. The van der Waals surface area contributed by atoms with Crippen molar-refractivity contribution < 1.29 is 37.3 Å². The molecule has 57 heavy (non-hydrogen) atoms. The fourth-order valence-corrected chi connectivity index (χ4v) is 6.94. The summed E-state index contributed by atoms with van der Waals surface area (Å²) in [5, 5.41) is 0. The lowest BCUT2D eigenvalue weighted by Crippen LogP contribution is -2.37. The van der Waals surface area contributed by atoms with Crippen LogP contribution in [0.4, 0.5) is 0 Å². The standard InChI is InChI=1S/C48H90NO7P/c1-6-8-10-12-14-16-18-20-22-23-24-25-26-27-28-29-31-33-35-37-39-41-48(50)56-47(46-55-57(51,52)54-44-42-49(3,4)5)45-53-43-40-38-36-34-32-30-21-19-17-15-13-11-9-7-2/h17-20,23-24,26-27,47H,6-16,21-22,25,28-46H2,1-5H3/p+1/b19-17-,20-18-,24-23-,27-26-. The fraction of sp³-hybridized carbons (Fsp3) is 0.812. The molecule has 0 saturated heterocycles. The van der Waals surface area contributed by atoms with Crippen molar-refractivity contribution in [2.45, 2.75) is 200 Å². The average molecular weight is 825 g/mol. The second-order valence-electron chi connectivity index (χ2n) is 16.8. The Labute approximate surface area is 352 Å². The van der Waals surface area contributed by atoms with Gasteiger partial charge in [0, 0.05) is 13.0 Å². The molecule has 0 saturated carbocycles. The molecule has 0 aliphatic rings. The van der Waals surface area contributed by atoms with Gasteiger partial charge in [0.2, 0.25) is 0 Å². The Hall–Kier alpha value is -1.54. The Balaban J connectivity index is 4.23. The minimum atomic E-state index is -4.28. The summed E-state index contributed by atoms with van der Waals surface area (Å²) < 4.78 is 35.0. The van der Waals surface area contributed by atoms with Gasteiger partial charge in [-0.3, -0.25) is 13.8 Å². The highest BCUT2D eigenvalue weighted by molar-refractivity contribution is 7.47. The molecule has 0 heterocycles. The number of ether oxygens (including phenoxy) is 2. The smallest absolute Gasteiger partial charge is 0.457 e. The quantitative estimate of drug-likeness (QED) is 0.0215. The molecule has 2 unspecified atom stereocenters. The van der Waals surface area contributed by atoms with E-state index in [-0.39, 0.29) is 25.8 Å². The van der Waals surface area contributed by atoms with E-state index in [2.05, 4.69) is 62.5 Å². The summed E-state index contributed by atoms with van der Waals surface area (Å²) in [7, 11) is 1.65. The molecule has 0 aromatic heterocycles. The number of esters is 1. The highest BCUT2D eigenvalue weighted by atomic mass is 31.2. The van der Waals surface area contributed by atoms with Crippen molar-refractivity contribution in [1.82, 2.24) is 0 Å². The predicted octanol–water partition coefficient (Wildman–Crippen LogP) is 13.9. The lowest BCUT2D eigenvalue weighted by atomic mass is 10.1. The molecule has 0 amide bonds. The van der Waals surface area contributed by atoms with E-state index in [4.69, 9.17) is 18.5 Å². The lowest BCUT2D eigenvalue weighted by molar-refractivity contribution is -0.870. The van der Waals surface area contributed by atoms with Crippen LogP contribution in [0.2, 0.25) is 0 Å². The maximum absolute atomic E-state index is 12.7. The summed E-state index contributed by atoms with van der Waals surface area (Å²) in [4.78, 5) is 22.9. The highest BCUT2D eigenvalue weighted by Gasteiger charge is 2.26. The van der Waals surface area contributed by atoms with Crippen LogP contribution in [0.25, 0.3) is 0 Å².